The monoisotopic (exact) mass is 332 g/mol. The van der Waals surface area contributed by atoms with E-state index >= 15 is 0 Å². The van der Waals surface area contributed by atoms with Crippen LogP contribution in [0.1, 0.15) is 33.3 Å². The molecule has 1 saturated heterocycles. The van der Waals surface area contributed by atoms with Crippen LogP contribution < -0.4 is 16.2 Å². The smallest absolute Gasteiger partial charge is 0.269 e. The minimum Gasteiger partial charge on any atom is -0.335 e. The molecule has 2 atom stereocenters. The predicted octanol–water partition coefficient (Wildman–Crippen LogP) is 2.26. The van der Waals surface area contributed by atoms with Gasteiger partial charge >= 0.3 is 0 Å². The van der Waals surface area contributed by atoms with Gasteiger partial charge in [-0.05, 0) is 29.5 Å². The van der Waals surface area contributed by atoms with Crippen LogP contribution >= 0.6 is 11.3 Å². The highest BCUT2D eigenvalue weighted by Crippen LogP contribution is 2.25. The summed E-state index contributed by atoms with van der Waals surface area (Å²) in [7, 11) is 0. The van der Waals surface area contributed by atoms with Crippen LogP contribution in [-0.4, -0.2) is 17.0 Å². The number of hydrogen-bond donors (Lipinski definition) is 3. The van der Waals surface area contributed by atoms with Crippen molar-refractivity contribution in [2.75, 3.05) is 0 Å². The first-order valence-electron chi connectivity index (χ1n) is 7.15. The number of benzene rings is 1. The summed E-state index contributed by atoms with van der Waals surface area (Å²) in [5.74, 6) is -0.114. The van der Waals surface area contributed by atoms with Crippen LogP contribution in [-0.2, 0) is 0 Å². The van der Waals surface area contributed by atoms with Crippen LogP contribution in [0.3, 0.4) is 0 Å². The van der Waals surface area contributed by atoms with Gasteiger partial charge in [-0.25, -0.2) is 10.9 Å². The molecule has 0 radical (unpaired) electrons. The van der Waals surface area contributed by atoms with Gasteiger partial charge in [0.15, 0.2) is 0 Å². The highest BCUT2D eigenvalue weighted by molar-refractivity contribution is 7.12. The third-order valence-electron chi connectivity index (χ3n) is 3.76. The maximum atomic E-state index is 12.2. The number of thiophene rings is 1. The lowest BCUT2D eigenvalue weighted by molar-refractivity contribution is -0.384. The highest BCUT2D eigenvalue weighted by Gasteiger charge is 2.27. The summed E-state index contributed by atoms with van der Waals surface area (Å²) in [6, 6.07) is 8.32. The second-order valence-electron chi connectivity index (χ2n) is 5.39. The van der Waals surface area contributed by atoms with Crippen molar-refractivity contribution in [1.29, 1.82) is 0 Å². The van der Waals surface area contributed by atoms with Gasteiger partial charge in [0.05, 0.1) is 16.0 Å². The van der Waals surface area contributed by atoms with Gasteiger partial charge in [0.2, 0.25) is 0 Å². The number of rotatable bonds is 4. The molecule has 0 aliphatic carbocycles. The molecule has 3 rings (SSSR count). The number of carbonyl (C=O) groups is 1. The van der Waals surface area contributed by atoms with Crippen molar-refractivity contribution in [2.45, 2.75) is 25.6 Å². The lowest BCUT2D eigenvalue weighted by Crippen LogP contribution is -2.44. The van der Waals surface area contributed by atoms with E-state index in [0.717, 1.165) is 11.1 Å². The van der Waals surface area contributed by atoms with Gasteiger partial charge in [-0.2, -0.15) is 0 Å². The standard InChI is InChI=1S/C15H16N4O3S/c1-9-5-6-23-14(9)15(20)16-13-8-12(17-18-13)10-3-2-4-11(7-10)19(21)22/h2-7,12-13,17-18H,8H2,1H3,(H,16,20). The predicted molar refractivity (Wildman–Crippen MR) is 87.0 cm³/mol. The van der Waals surface area contributed by atoms with Crippen molar-refractivity contribution in [2.24, 2.45) is 0 Å². The van der Waals surface area contributed by atoms with Crippen molar-refractivity contribution in [3.8, 4) is 0 Å². The molecule has 8 heteroatoms. The summed E-state index contributed by atoms with van der Waals surface area (Å²) in [5, 5.41) is 15.7. The number of carbonyl (C=O) groups excluding carboxylic acids is 1. The fraction of sp³-hybridized carbons (Fsp3) is 0.267. The van der Waals surface area contributed by atoms with Crippen molar-refractivity contribution in [3.05, 3.63) is 61.8 Å². The maximum Gasteiger partial charge on any atom is 0.269 e. The summed E-state index contributed by atoms with van der Waals surface area (Å²) < 4.78 is 0. The number of nitrogens with one attached hydrogen (secondary N) is 3. The normalized spacial score (nSPS) is 20.4. The molecule has 2 aromatic rings. The molecule has 1 aromatic carbocycles. The quantitative estimate of drug-likeness (QED) is 0.589. The Morgan fingerprint density at radius 2 is 2.22 bits per heavy atom. The first kappa shape index (κ1) is 15.6. The van der Waals surface area contributed by atoms with Crippen LogP contribution in [0.5, 0.6) is 0 Å². The molecule has 1 amide bonds. The molecule has 1 fully saturated rings. The largest absolute Gasteiger partial charge is 0.335 e. The molecule has 2 unspecified atom stereocenters. The van der Waals surface area contributed by atoms with E-state index in [2.05, 4.69) is 16.2 Å². The van der Waals surface area contributed by atoms with Gasteiger partial charge in [0.25, 0.3) is 11.6 Å². The number of hydrazine groups is 1. The fourth-order valence-electron chi connectivity index (χ4n) is 2.55. The van der Waals surface area contributed by atoms with Crippen LogP contribution in [0.15, 0.2) is 35.7 Å². The first-order valence-corrected chi connectivity index (χ1v) is 8.03. The van der Waals surface area contributed by atoms with E-state index in [1.54, 1.807) is 12.1 Å². The number of nitro benzene ring substituents is 1. The summed E-state index contributed by atoms with van der Waals surface area (Å²) >= 11 is 1.41. The van der Waals surface area contributed by atoms with Gasteiger partial charge in [-0.15, -0.1) is 11.3 Å². The van der Waals surface area contributed by atoms with Crippen LogP contribution in [0.25, 0.3) is 0 Å². The molecule has 1 aromatic heterocycles. The Balaban J connectivity index is 1.65. The minimum absolute atomic E-state index is 0.0611. The van der Waals surface area contributed by atoms with E-state index < -0.39 is 4.92 Å². The van der Waals surface area contributed by atoms with Gasteiger partial charge in [0.1, 0.15) is 0 Å². The Kier molecular flexibility index (Phi) is 4.37. The fourth-order valence-corrected chi connectivity index (χ4v) is 3.38. The van der Waals surface area contributed by atoms with E-state index in [0.29, 0.717) is 11.3 Å². The van der Waals surface area contributed by atoms with Crippen LogP contribution in [0.2, 0.25) is 0 Å². The van der Waals surface area contributed by atoms with E-state index in [-0.39, 0.29) is 23.8 Å². The second kappa shape index (κ2) is 6.45. The molecule has 0 saturated carbocycles. The Morgan fingerprint density at radius 3 is 2.91 bits per heavy atom. The molecular formula is C15H16N4O3S. The molecule has 1 aliphatic rings. The molecule has 23 heavy (non-hydrogen) atoms. The van der Waals surface area contributed by atoms with Gasteiger partial charge in [-0.1, -0.05) is 12.1 Å². The van der Waals surface area contributed by atoms with Crippen LogP contribution in [0, 0.1) is 17.0 Å². The zero-order chi connectivity index (χ0) is 16.4. The number of nitro groups is 1. The topological polar surface area (TPSA) is 96.3 Å². The molecule has 1 aliphatic heterocycles. The molecule has 3 N–H and O–H groups in total. The lowest BCUT2D eigenvalue weighted by atomic mass is 10.0. The zero-order valence-corrected chi connectivity index (χ0v) is 13.2. The van der Waals surface area contributed by atoms with Crippen molar-refractivity contribution in [3.63, 3.8) is 0 Å². The zero-order valence-electron chi connectivity index (χ0n) is 12.4. The number of non-ortho nitro benzene ring substituents is 1. The minimum atomic E-state index is -0.412. The molecular weight excluding hydrogens is 316 g/mol. The molecule has 2 heterocycles. The van der Waals surface area contributed by atoms with Crippen molar-refractivity contribution >= 4 is 22.9 Å². The number of aryl methyl sites for hydroxylation is 1. The number of hydrogen-bond acceptors (Lipinski definition) is 6. The average molecular weight is 332 g/mol. The van der Waals surface area contributed by atoms with Crippen molar-refractivity contribution in [1.82, 2.24) is 16.2 Å². The van der Waals surface area contributed by atoms with E-state index in [9.17, 15) is 14.9 Å². The summed E-state index contributed by atoms with van der Waals surface area (Å²) in [5.41, 5.74) is 7.92. The highest BCUT2D eigenvalue weighted by atomic mass is 32.1. The Hall–Kier alpha value is -2.29. The summed E-state index contributed by atoms with van der Waals surface area (Å²) in [4.78, 5) is 23.4. The number of nitrogens with zero attached hydrogens (tertiary/aromatic N) is 1. The Bertz CT molecular complexity index is 746. The Morgan fingerprint density at radius 1 is 1.39 bits per heavy atom. The second-order valence-corrected chi connectivity index (χ2v) is 6.30. The van der Waals surface area contributed by atoms with Gasteiger partial charge in [-0.3, -0.25) is 14.9 Å². The first-order chi connectivity index (χ1) is 11.0. The van der Waals surface area contributed by atoms with Crippen molar-refractivity contribution < 1.29 is 9.72 Å². The van der Waals surface area contributed by atoms with Crippen LogP contribution in [0.4, 0.5) is 5.69 Å². The van der Waals surface area contributed by atoms with E-state index in [1.165, 1.54) is 17.4 Å². The van der Waals surface area contributed by atoms with Gasteiger partial charge < -0.3 is 5.32 Å². The summed E-state index contributed by atoms with van der Waals surface area (Å²) in [6.07, 6.45) is 0.380. The molecule has 120 valence electrons. The van der Waals surface area contributed by atoms with Gasteiger partial charge in [0, 0.05) is 24.6 Å². The average Bonchev–Trinajstić information content (AvgIpc) is 3.16. The van der Waals surface area contributed by atoms with E-state index in [1.807, 2.05) is 24.4 Å². The number of amides is 1. The maximum absolute atomic E-state index is 12.2. The summed E-state index contributed by atoms with van der Waals surface area (Å²) in [6.45, 7) is 1.90. The third-order valence-corrected chi connectivity index (χ3v) is 4.78. The molecule has 0 spiro atoms. The SMILES string of the molecule is Cc1ccsc1C(=O)NC1CC(c2cccc([N+](=O)[O-])c2)NN1. The lowest BCUT2D eigenvalue weighted by Gasteiger charge is -2.11. The Labute approximate surface area is 136 Å². The molecule has 0 bridgehead atoms. The third kappa shape index (κ3) is 3.39. The molecule has 7 nitrogen and oxygen atoms in total. The van der Waals surface area contributed by atoms with E-state index in [4.69, 9.17) is 0 Å².